The number of hydrogen-bond donors (Lipinski definition) is 2. The van der Waals surface area contributed by atoms with Gasteiger partial charge < -0.3 is 9.73 Å². The molecule has 0 atom stereocenters. The summed E-state index contributed by atoms with van der Waals surface area (Å²) in [7, 11) is -2.03. The van der Waals surface area contributed by atoms with Crippen LogP contribution >= 0.6 is 27.5 Å². The van der Waals surface area contributed by atoms with Crippen LogP contribution in [0.5, 0.6) is 0 Å². The van der Waals surface area contributed by atoms with Gasteiger partial charge in [0.2, 0.25) is 0 Å². The van der Waals surface area contributed by atoms with Gasteiger partial charge in [0, 0.05) is 6.07 Å². The van der Waals surface area contributed by atoms with Gasteiger partial charge in [-0.1, -0.05) is 17.7 Å². The highest BCUT2D eigenvalue weighted by Crippen LogP contribution is 2.30. The normalized spacial score (nSPS) is 11.6. The molecule has 2 aromatic rings. The van der Waals surface area contributed by atoms with Crippen molar-refractivity contribution in [3.05, 3.63) is 45.3 Å². The van der Waals surface area contributed by atoms with E-state index in [1.54, 1.807) is 25.2 Å². The topological polar surface area (TPSA) is 71.3 Å². The van der Waals surface area contributed by atoms with Gasteiger partial charge in [-0.25, -0.2) is 8.42 Å². The zero-order chi connectivity index (χ0) is 15.6. The summed E-state index contributed by atoms with van der Waals surface area (Å²) in [6, 6.07) is 6.56. The second-order valence-corrected chi connectivity index (χ2v) is 7.25. The minimum atomic E-state index is -3.78. The number of furan rings is 1. The van der Waals surface area contributed by atoms with Crippen LogP contribution in [0.4, 0.5) is 5.69 Å². The molecule has 21 heavy (non-hydrogen) atoms. The lowest BCUT2D eigenvalue weighted by Crippen LogP contribution is -2.13. The second kappa shape index (κ2) is 6.39. The molecule has 0 saturated carbocycles. The molecular weight excluding hydrogens is 380 g/mol. The Morgan fingerprint density at radius 2 is 2.05 bits per heavy atom. The zero-order valence-electron chi connectivity index (χ0n) is 11.4. The number of sulfonamides is 1. The largest absolute Gasteiger partial charge is 0.451 e. The van der Waals surface area contributed by atoms with E-state index in [-0.39, 0.29) is 9.56 Å². The maximum Gasteiger partial charge on any atom is 0.266 e. The van der Waals surface area contributed by atoms with E-state index in [2.05, 4.69) is 26.0 Å². The Balaban J connectivity index is 2.34. The lowest BCUT2D eigenvalue weighted by molar-refractivity contribution is 0.470. The van der Waals surface area contributed by atoms with Crippen molar-refractivity contribution in [2.75, 3.05) is 11.8 Å². The molecule has 1 aromatic carbocycles. The Hall–Kier alpha value is -1.02. The van der Waals surface area contributed by atoms with Crippen molar-refractivity contribution >= 4 is 43.2 Å². The summed E-state index contributed by atoms with van der Waals surface area (Å²) < 4.78 is 32.7. The van der Waals surface area contributed by atoms with E-state index in [0.717, 1.165) is 5.56 Å². The summed E-state index contributed by atoms with van der Waals surface area (Å²) in [4.78, 5) is 0.0318. The van der Waals surface area contributed by atoms with Crippen molar-refractivity contribution in [1.82, 2.24) is 5.32 Å². The third-order valence-corrected chi connectivity index (χ3v) is 5.25. The van der Waals surface area contributed by atoms with Crippen LogP contribution in [0.1, 0.15) is 11.3 Å². The average molecular weight is 394 g/mol. The lowest BCUT2D eigenvalue weighted by Gasteiger charge is -2.09. The molecule has 1 heterocycles. The van der Waals surface area contributed by atoms with Crippen molar-refractivity contribution < 1.29 is 12.8 Å². The van der Waals surface area contributed by atoms with E-state index in [1.807, 2.05) is 6.92 Å². The first-order chi connectivity index (χ1) is 9.83. The Labute approximate surface area is 136 Å². The van der Waals surface area contributed by atoms with Crippen molar-refractivity contribution in [2.24, 2.45) is 0 Å². The standard InChI is InChI=1S/C13H14BrClN2O3S/c1-8-3-4-11(10(15)5-8)17-21(18,19)12-6-9(7-16-2)20-13(12)14/h3-6,16-17H,7H2,1-2H3. The summed E-state index contributed by atoms with van der Waals surface area (Å²) in [6.07, 6.45) is 0. The van der Waals surface area contributed by atoms with Crippen LogP contribution in [-0.4, -0.2) is 15.5 Å². The molecule has 0 saturated heterocycles. The molecule has 2 rings (SSSR count). The minimum absolute atomic E-state index is 0.0318. The van der Waals surface area contributed by atoms with Crippen LogP contribution in [0.3, 0.4) is 0 Å². The predicted molar refractivity (Wildman–Crippen MR) is 86.2 cm³/mol. The predicted octanol–water partition coefficient (Wildman–Crippen LogP) is 3.52. The van der Waals surface area contributed by atoms with Crippen LogP contribution in [0.2, 0.25) is 5.02 Å². The highest BCUT2D eigenvalue weighted by atomic mass is 79.9. The van der Waals surface area contributed by atoms with Gasteiger partial charge in [-0.2, -0.15) is 0 Å². The first-order valence-corrected chi connectivity index (χ1v) is 8.70. The fraction of sp³-hybridized carbons (Fsp3) is 0.231. The van der Waals surface area contributed by atoms with Gasteiger partial charge in [0.05, 0.1) is 17.3 Å². The summed E-state index contributed by atoms with van der Waals surface area (Å²) in [5.74, 6) is 0.514. The van der Waals surface area contributed by atoms with Crippen LogP contribution in [-0.2, 0) is 16.6 Å². The van der Waals surface area contributed by atoms with Gasteiger partial charge in [0.15, 0.2) is 4.67 Å². The molecule has 0 spiro atoms. The van der Waals surface area contributed by atoms with Gasteiger partial charge >= 0.3 is 0 Å². The fourth-order valence-corrected chi connectivity index (χ4v) is 4.16. The van der Waals surface area contributed by atoms with Gasteiger partial charge in [0.25, 0.3) is 10.0 Å². The molecule has 8 heteroatoms. The molecule has 2 N–H and O–H groups in total. The number of anilines is 1. The van der Waals surface area contributed by atoms with Crippen LogP contribution in [0.15, 0.2) is 38.2 Å². The molecule has 0 aliphatic heterocycles. The molecule has 0 radical (unpaired) electrons. The summed E-state index contributed by atoms with van der Waals surface area (Å²) in [6.45, 7) is 2.31. The Morgan fingerprint density at radius 3 is 2.67 bits per heavy atom. The third kappa shape index (κ3) is 3.79. The molecule has 0 aliphatic rings. The minimum Gasteiger partial charge on any atom is -0.451 e. The van der Waals surface area contributed by atoms with Crippen molar-refractivity contribution in [3.8, 4) is 0 Å². The van der Waals surface area contributed by atoms with Crippen LogP contribution in [0, 0.1) is 6.92 Å². The molecule has 0 bridgehead atoms. The molecular formula is C13H14BrClN2O3S. The van der Waals surface area contributed by atoms with Gasteiger partial charge in [-0.3, -0.25) is 4.72 Å². The Bertz CT molecular complexity index is 759. The fourth-order valence-electron chi connectivity index (χ4n) is 1.75. The molecule has 5 nitrogen and oxygen atoms in total. The third-order valence-electron chi connectivity index (χ3n) is 2.72. The van der Waals surface area contributed by atoms with Gasteiger partial charge in [-0.05, 0) is 47.6 Å². The second-order valence-electron chi connectivity index (χ2n) is 4.47. The molecule has 114 valence electrons. The molecule has 1 aromatic heterocycles. The van der Waals surface area contributed by atoms with E-state index >= 15 is 0 Å². The first kappa shape index (κ1) is 16.4. The van der Waals surface area contributed by atoms with E-state index < -0.39 is 10.0 Å². The molecule has 0 unspecified atom stereocenters. The van der Waals surface area contributed by atoms with Gasteiger partial charge in [0.1, 0.15) is 10.7 Å². The number of rotatable bonds is 5. The highest BCUT2D eigenvalue weighted by molar-refractivity contribution is 9.10. The van der Waals surface area contributed by atoms with Crippen LogP contribution in [0.25, 0.3) is 0 Å². The summed E-state index contributed by atoms with van der Waals surface area (Å²) in [5, 5.41) is 3.23. The number of benzene rings is 1. The van der Waals surface area contributed by atoms with Crippen LogP contribution < -0.4 is 10.0 Å². The molecule has 0 fully saturated rings. The first-order valence-electron chi connectivity index (χ1n) is 6.05. The highest BCUT2D eigenvalue weighted by Gasteiger charge is 2.23. The van der Waals surface area contributed by atoms with Gasteiger partial charge in [-0.15, -0.1) is 0 Å². The van der Waals surface area contributed by atoms with Crippen molar-refractivity contribution in [1.29, 1.82) is 0 Å². The summed E-state index contributed by atoms with van der Waals surface area (Å²) >= 11 is 9.17. The smallest absolute Gasteiger partial charge is 0.266 e. The SMILES string of the molecule is CNCc1cc(S(=O)(=O)Nc2ccc(C)cc2Cl)c(Br)o1. The number of halogens is 2. The van der Waals surface area contributed by atoms with Crippen molar-refractivity contribution in [3.63, 3.8) is 0 Å². The van der Waals surface area contributed by atoms with E-state index in [1.165, 1.54) is 6.07 Å². The molecule has 0 amide bonds. The number of nitrogens with one attached hydrogen (secondary N) is 2. The Kier molecular flexibility index (Phi) is 4.98. The Morgan fingerprint density at radius 1 is 1.33 bits per heavy atom. The average Bonchev–Trinajstić information content (AvgIpc) is 2.75. The maximum atomic E-state index is 12.4. The van der Waals surface area contributed by atoms with E-state index in [0.29, 0.717) is 23.0 Å². The van der Waals surface area contributed by atoms with E-state index in [4.69, 9.17) is 16.0 Å². The summed E-state index contributed by atoms with van der Waals surface area (Å²) in [5.41, 5.74) is 1.27. The zero-order valence-corrected chi connectivity index (χ0v) is 14.6. The molecule has 0 aliphatic carbocycles. The van der Waals surface area contributed by atoms with Crippen molar-refractivity contribution in [2.45, 2.75) is 18.4 Å². The quantitative estimate of drug-likeness (QED) is 0.815. The number of aryl methyl sites for hydroxylation is 1. The lowest BCUT2D eigenvalue weighted by atomic mass is 10.2. The number of hydrogen-bond acceptors (Lipinski definition) is 4. The monoisotopic (exact) mass is 392 g/mol. The van der Waals surface area contributed by atoms with E-state index in [9.17, 15) is 8.42 Å². The maximum absolute atomic E-state index is 12.4.